The molecular weight excluding hydrogens is 266 g/mol. The van der Waals surface area contributed by atoms with Gasteiger partial charge < -0.3 is 0 Å². The van der Waals surface area contributed by atoms with Crippen LogP contribution in [0.15, 0.2) is 0 Å². The maximum atomic E-state index is 5.87. The first-order valence-corrected chi connectivity index (χ1v) is 6.67. The molecule has 2 nitrogen and oxygen atoms in total. The Morgan fingerprint density at radius 1 is 0.938 bits per heavy atom. The lowest BCUT2D eigenvalue weighted by atomic mass is 9.87. The SMILES string of the molecule is Clc1nc(CC2CCCCC2)nc(Cl)c1Cl. The van der Waals surface area contributed by atoms with E-state index in [4.69, 9.17) is 34.8 Å². The predicted molar refractivity (Wildman–Crippen MR) is 67.3 cm³/mol. The summed E-state index contributed by atoms with van der Waals surface area (Å²) in [6, 6.07) is 0. The summed E-state index contributed by atoms with van der Waals surface area (Å²) in [5, 5.41) is 0.760. The van der Waals surface area contributed by atoms with Crippen molar-refractivity contribution in [1.82, 2.24) is 9.97 Å². The highest BCUT2D eigenvalue weighted by Gasteiger charge is 2.17. The Labute approximate surface area is 110 Å². The molecule has 0 unspecified atom stereocenters. The molecule has 5 heteroatoms. The van der Waals surface area contributed by atoms with Gasteiger partial charge in [-0.15, -0.1) is 0 Å². The first-order chi connectivity index (χ1) is 7.66. The molecule has 16 heavy (non-hydrogen) atoms. The predicted octanol–water partition coefficient (Wildman–Crippen LogP) is 4.56. The monoisotopic (exact) mass is 278 g/mol. The van der Waals surface area contributed by atoms with Crippen molar-refractivity contribution in [3.8, 4) is 0 Å². The van der Waals surface area contributed by atoms with E-state index >= 15 is 0 Å². The Hall–Kier alpha value is -0.0500. The second-order valence-electron chi connectivity index (χ2n) is 4.24. The number of hydrogen-bond acceptors (Lipinski definition) is 2. The van der Waals surface area contributed by atoms with Gasteiger partial charge in [-0.05, 0) is 5.92 Å². The number of nitrogens with zero attached hydrogens (tertiary/aromatic N) is 2. The minimum absolute atomic E-state index is 0.246. The first kappa shape index (κ1) is 12.4. The highest BCUT2D eigenvalue weighted by atomic mass is 35.5. The summed E-state index contributed by atoms with van der Waals surface area (Å²) in [6.07, 6.45) is 7.32. The van der Waals surface area contributed by atoms with E-state index in [1.165, 1.54) is 32.1 Å². The molecule has 1 aliphatic carbocycles. The standard InChI is InChI=1S/C11H13Cl3N2/c12-9-10(13)15-8(16-11(9)14)6-7-4-2-1-3-5-7/h7H,1-6H2. The number of halogens is 3. The van der Waals surface area contributed by atoms with E-state index in [1.54, 1.807) is 0 Å². The second-order valence-corrected chi connectivity index (χ2v) is 5.34. The van der Waals surface area contributed by atoms with Crippen molar-refractivity contribution >= 4 is 34.8 Å². The molecule has 0 aromatic carbocycles. The minimum Gasteiger partial charge on any atom is -0.220 e. The minimum atomic E-state index is 0.246. The molecule has 0 spiro atoms. The van der Waals surface area contributed by atoms with Gasteiger partial charge in [0.2, 0.25) is 0 Å². The molecule has 1 fully saturated rings. The van der Waals surface area contributed by atoms with Crippen LogP contribution in [0.1, 0.15) is 37.9 Å². The number of rotatable bonds is 2. The lowest BCUT2D eigenvalue weighted by Crippen LogP contribution is -2.11. The summed E-state index contributed by atoms with van der Waals surface area (Å²) in [7, 11) is 0. The molecule has 1 heterocycles. The molecule has 1 aromatic heterocycles. The van der Waals surface area contributed by atoms with Crippen LogP contribution in [0.5, 0.6) is 0 Å². The van der Waals surface area contributed by atoms with E-state index < -0.39 is 0 Å². The van der Waals surface area contributed by atoms with Gasteiger partial charge in [-0.3, -0.25) is 0 Å². The van der Waals surface area contributed by atoms with Crippen molar-refractivity contribution in [2.45, 2.75) is 38.5 Å². The maximum Gasteiger partial charge on any atom is 0.152 e. The molecule has 0 saturated heterocycles. The molecule has 1 aromatic rings. The van der Waals surface area contributed by atoms with E-state index in [-0.39, 0.29) is 15.3 Å². The fourth-order valence-electron chi connectivity index (χ4n) is 2.18. The fourth-order valence-corrected chi connectivity index (χ4v) is 2.68. The third-order valence-electron chi connectivity index (χ3n) is 3.01. The van der Waals surface area contributed by atoms with Gasteiger partial charge >= 0.3 is 0 Å². The molecule has 0 aliphatic heterocycles. The Morgan fingerprint density at radius 3 is 2.06 bits per heavy atom. The fraction of sp³-hybridized carbons (Fsp3) is 0.636. The quantitative estimate of drug-likeness (QED) is 0.742. The van der Waals surface area contributed by atoms with Crippen LogP contribution in [0.3, 0.4) is 0 Å². The summed E-state index contributed by atoms with van der Waals surface area (Å²) >= 11 is 17.5. The van der Waals surface area contributed by atoms with Gasteiger partial charge in [0.15, 0.2) is 10.3 Å². The third kappa shape index (κ3) is 2.99. The highest BCUT2D eigenvalue weighted by Crippen LogP contribution is 2.29. The van der Waals surface area contributed by atoms with Crippen LogP contribution in [0.2, 0.25) is 15.3 Å². The second kappa shape index (κ2) is 5.52. The normalized spacial score (nSPS) is 17.7. The van der Waals surface area contributed by atoms with Crippen LogP contribution in [0.4, 0.5) is 0 Å². The summed E-state index contributed by atoms with van der Waals surface area (Å²) in [5.41, 5.74) is 0. The lowest BCUT2D eigenvalue weighted by molar-refractivity contribution is 0.351. The van der Waals surface area contributed by atoms with E-state index in [2.05, 4.69) is 9.97 Å². The van der Waals surface area contributed by atoms with Crippen LogP contribution >= 0.6 is 34.8 Å². The van der Waals surface area contributed by atoms with Crippen molar-refractivity contribution in [2.24, 2.45) is 5.92 Å². The molecule has 0 amide bonds. The number of aromatic nitrogens is 2. The third-order valence-corrected chi connectivity index (χ3v) is 4.11. The molecule has 1 saturated carbocycles. The zero-order chi connectivity index (χ0) is 11.5. The molecule has 0 N–H and O–H groups in total. The molecule has 0 radical (unpaired) electrons. The van der Waals surface area contributed by atoms with Crippen molar-refractivity contribution in [1.29, 1.82) is 0 Å². The lowest BCUT2D eigenvalue weighted by Gasteiger charge is -2.20. The number of hydrogen-bond donors (Lipinski definition) is 0. The summed E-state index contributed by atoms with van der Waals surface area (Å²) in [4.78, 5) is 8.33. The van der Waals surface area contributed by atoms with Gasteiger partial charge in [-0.1, -0.05) is 66.9 Å². The van der Waals surface area contributed by atoms with E-state index in [1.807, 2.05) is 0 Å². The van der Waals surface area contributed by atoms with Gasteiger partial charge in [0.05, 0.1) is 0 Å². The molecule has 88 valence electrons. The maximum absolute atomic E-state index is 5.87. The van der Waals surface area contributed by atoms with Gasteiger partial charge in [-0.2, -0.15) is 0 Å². The van der Waals surface area contributed by atoms with Crippen molar-refractivity contribution in [2.75, 3.05) is 0 Å². The average Bonchev–Trinajstić information content (AvgIpc) is 2.27. The zero-order valence-corrected chi connectivity index (χ0v) is 11.1. The van der Waals surface area contributed by atoms with E-state index in [9.17, 15) is 0 Å². The van der Waals surface area contributed by atoms with Crippen molar-refractivity contribution < 1.29 is 0 Å². The molecule has 0 atom stereocenters. The van der Waals surface area contributed by atoms with E-state index in [0.717, 1.165) is 6.42 Å². The largest absolute Gasteiger partial charge is 0.220 e. The van der Waals surface area contributed by atoms with Gasteiger partial charge in [0, 0.05) is 6.42 Å². The first-order valence-electron chi connectivity index (χ1n) is 5.54. The summed E-state index contributed by atoms with van der Waals surface area (Å²) in [5.74, 6) is 1.38. The Balaban J connectivity index is 2.09. The smallest absolute Gasteiger partial charge is 0.152 e. The van der Waals surface area contributed by atoms with Crippen molar-refractivity contribution in [3.63, 3.8) is 0 Å². The Morgan fingerprint density at radius 2 is 1.50 bits per heavy atom. The van der Waals surface area contributed by atoms with Gasteiger partial charge in [-0.25, -0.2) is 9.97 Å². The summed E-state index contributed by atoms with van der Waals surface area (Å²) in [6.45, 7) is 0. The molecular formula is C11H13Cl3N2. The average molecular weight is 280 g/mol. The van der Waals surface area contributed by atoms with Crippen molar-refractivity contribution in [3.05, 3.63) is 21.2 Å². The van der Waals surface area contributed by atoms with Crippen LogP contribution in [-0.2, 0) is 6.42 Å². The van der Waals surface area contributed by atoms with E-state index in [0.29, 0.717) is 11.7 Å². The molecule has 0 bridgehead atoms. The van der Waals surface area contributed by atoms with Gasteiger partial charge in [0.1, 0.15) is 10.8 Å². The van der Waals surface area contributed by atoms with Gasteiger partial charge in [0.25, 0.3) is 0 Å². The Bertz CT molecular complexity index is 352. The highest BCUT2D eigenvalue weighted by molar-refractivity contribution is 6.46. The molecule has 1 aliphatic rings. The summed E-state index contributed by atoms with van der Waals surface area (Å²) < 4.78 is 0. The topological polar surface area (TPSA) is 25.8 Å². The molecule has 2 rings (SSSR count). The van der Waals surface area contributed by atoms with Crippen LogP contribution in [0, 0.1) is 5.92 Å². The Kier molecular flexibility index (Phi) is 4.28. The van der Waals surface area contributed by atoms with Crippen LogP contribution < -0.4 is 0 Å². The van der Waals surface area contributed by atoms with Crippen LogP contribution in [-0.4, -0.2) is 9.97 Å². The zero-order valence-electron chi connectivity index (χ0n) is 8.85. The van der Waals surface area contributed by atoms with Crippen LogP contribution in [0.25, 0.3) is 0 Å².